The molecule has 130 valence electrons. The normalized spacial score (nSPS) is 10.9. The molecule has 0 saturated heterocycles. The van der Waals surface area contributed by atoms with E-state index in [0.29, 0.717) is 28.8 Å². The smallest absolute Gasteiger partial charge is 0.278 e. The van der Waals surface area contributed by atoms with E-state index in [0.717, 1.165) is 0 Å². The highest BCUT2D eigenvalue weighted by Gasteiger charge is 2.21. The van der Waals surface area contributed by atoms with Gasteiger partial charge in [0.2, 0.25) is 5.88 Å². The Morgan fingerprint density at radius 1 is 1.40 bits per heavy atom. The molecule has 3 aromatic heterocycles. The molecule has 1 N–H and O–H groups in total. The number of ether oxygens (including phenoxy) is 1. The second-order valence-electron chi connectivity index (χ2n) is 5.90. The van der Waals surface area contributed by atoms with Crippen LogP contribution in [0.2, 0.25) is 0 Å². The molecule has 0 aromatic carbocycles. The van der Waals surface area contributed by atoms with Crippen molar-refractivity contribution < 1.29 is 14.1 Å². The van der Waals surface area contributed by atoms with Crippen molar-refractivity contribution in [1.29, 1.82) is 0 Å². The molecule has 0 bridgehead atoms. The summed E-state index contributed by atoms with van der Waals surface area (Å²) in [6, 6.07) is 5.17. The van der Waals surface area contributed by atoms with Gasteiger partial charge in [0, 0.05) is 25.2 Å². The van der Waals surface area contributed by atoms with Gasteiger partial charge in [0.15, 0.2) is 5.69 Å². The summed E-state index contributed by atoms with van der Waals surface area (Å²) in [6.07, 6.45) is 3.24. The second kappa shape index (κ2) is 6.76. The first-order valence-electron chi connectivity index (χ1n) is 7.85. The Hall–Kier alpha value is -3.16. The van der Waals surface area contributed by atoms with Crippen molar-refractivity contribution in [3.63, 3.8) is 0 Å². The lowest BCUT2D eigenvalue weighted by molar-refractivity contribution is 0.101. The predicted octanol–water partition coefficient (Wildman–Crippen LogP) is 3.28. The third kappa shape index (κ3) is 3.52. The van der Waals surface area contributed by atoms with Gasteiger partial charge in [-0.05, 0) is 19.1 Å². The van der Waals surface area contributed by atoms with Gasteiger partial charge in [-0.2, -0.15) is 5.10 Å². The number of hydrogen-bond donors (Lipinski definition) is 1. The van der Waals surface area contributed by atoms with Crippen LogP contribution in [0, 0.1) is 6.92 Å². The fourth-order valence-electron chi connectivity index (χ4n) is 2.26. The van der Waals surface area contributed by atoms with Crippen LogP contribution in [0.25, 0.3) is 0 Å². The van der Waals surface area contributed by atoms with Gasteiger partial charge < -0.3 is 14.6 Å². The molecule has 0 aliphatic rings. The van der Waals surface area contributed by atoms with E-state index in [4.69, 9.17) is 9.26 Å². The monoisotopic (exact) mass is 341 g/mol. The maximum Gasteiger partial charge on any atom is 0.278 e. The van der Waals surface area contributed by atoms with E-state index in [1.54, 1.807) is 49.2 Å². The molecule has 0 spiro atoms. The van der Waals surface area contributed by atoms with Crippen LogP contribution < -0.4 is 10.1 Å². The Bertz CT molecular complexity index is 883. The number of aromatic nitrogens is 4. The van der Waals surface area contributed by atoms with Gasteiger partial charge in [0.25, 0.3) is 5.91 Å². The molecule has 0 unspecified atom stereocenters. The van der Waals surface area contributed by atoms with Gasteiger partial charge in [-0.25, -0.2) is 4.68 Å². The van der Waals surface area contributed by atoms with Crippen molar-refractivity contribution >= 4 is 11.6 Å². The molecule has 0 radical (unpaired) electrons. The van der Waals surface area contributed by atoms with Gasteiger partial charge in [0.1, 0.15) is 17.2 Å². The number of aryl methyl sites for hydroxylation is 2. The van der Waals surface area contributed by atoms with Crippen LogP contribution in [-0.4, -0.2) is 25.8 Å². The van der Waals surface area contributed by atoms with Crippen LogP contribution in [0.15, 0.2) is 35.1 Å². The molecule has 1 amide bonds. The molecule has 3 rings (SSSR count). The molecular formula is C17H19N5O3. The van der Waals surface area contributed by atoms with Crippen LogP contribution in [0.3, 0.4) is 0 Å². The average Bonchev–Trinajstić information content (AvgIpc) is 3.17. The number of pyridine rings is 1. The first kappa shape index (κ1) is 16.7. The number of hydrogen-bond acceptors (Lipinski definition) is 6. The first-order valence-corrected chi connectivity index (χ1v) is 7.85. The highest BCUT2D eigenvalue weighted by Crippen LogP contribution is 2.32. The summed E-state index contributed by atoms with van der Waals surface area (Å²) in [4.78, 5) is 16.5. The fraction of sp³-hybridized carbons (Fsp3) is 0.294. The van der Waals surface area contributed by atoms with Crippen LogP contribution in [0.1, 0.15) is 41.7 Å². The van der Waals surface area contributed by atoms with E-state index in [9.17, 15) is 4.79 Å². The lowest BCUT2D eigenvalue weighted by Crippen LogP contribution is -2.13. The van der Waals surface area contributed by atoms with Crippen LogP contribution in [0.5, 0.6) is 11.6 Å². The van der Waals surface area contributed by atoms with Crippen molar-refractivity contribution in [2.75, 3.05) is 5.32 Å². The Morgan fingerprint density at radius 2 is 2.20 bits per heavy atom. The Balaban J connectivity index is 1.85. The molecule has 3 heterocycles. The number of nitrogens with one attached hydrogen (secondary N) is 1. The summed E-state index contributed by atoms with van der Waals surface area (Å²) in [5.74, 6) is 1.37. The maximum atomic E-state index is 12.5. The SMILES string of the molecule is Cc1nn(C)c(Oc2cccnc2)c1NC(=O)c1cc(C(C)C)on1. The van der Waals surface area contributed by atoms with Gasteiger partial charge in [0.05, 0.1) is 11.9 Å². The van der Waals surface area contributed by atoms with Crippen molar-refractivity contribution in [2.24, 2.45) is 7.05 Å². The van der Waals surface area contributed by atoms with E-state index in [2.05, 4.69) is 20.6 Å². The van der Waals surface area contributed by atoms with E-state index in [1.807, 2.05) is 13.8 Å². The quantitative estimate of drug-likeness (QED) is 0.765. The number of amides is 1. The van der Waals surface area contributed by atoms with Gasteiger partial charge in [-0.1, -0.05) is 19.0 Å². The molecule has 3 aromatic rings. The maximum absolute atomic E-state index is 12.5. The average molecular weight is 341 g/mol. The fourth-order valence-corrected chi connectivity index (χ4v) is 2.26. The van der Waals surface area contributed by atoms with Crippen LogP contribution in [-0.2, 0) is 7.05 Å². The van der Waals surface area contributed by atoms with Crippen molar-refractivity contribution in [3.05, 3.63) is 47.7 Å². The summed E-state index contributed by atoms with van der Waals surface area (Å²) in [5, 5.41) is 10.9. The van der Waals surface area contributed by atoms with E-state index >= 15 is 0 Å². The standard InChI is InChI=1S/C17H19N5O3/c1-10(2)14-8-13(21-25-14)16(23)19-15-11(3)20-22(4)17(15)24-12-6-5-7-18-9-12/h5-10H,1-4H3,(H,19,23). The molecule has 0 aliphatic heterocycles. The molecule has 8 nitrogen and oxygen atoms in total. The second-order valence-corrected chi connectivity index (χ2v) is 5.90. The van der Waals surface area contributed by atoms with Gasteiger partial charge >= 0.3 is 0 Å². The summed E-state index contributed by atoms with van der Waals surface area (Å²) in [7, 11) is 1.74. The zero-order chi connectivity index (χ0) is 18.0. The van der Waals surface area contributed by atoms with E-state index in [-0.39, 0.29) is 17.5 Å². The number of carbonyl (C=O) groups is 1. The molecular weight excluding hydrogens is 322 g/mol. The van der Waals surface area contributed by atoms with Crippen LogP contribution >= 0.6 is 0 Å². The van der Waals surface area contributed by atoms with Gasteiger partial charge in [-0.3, -0.25) is 9.78 Å². The zero-order valence-electron chi connectivity index (χ0n) is 14.5. The van der Waals surface area contributed by atoms with E-state index < -0.39 is 0 Å². The molecule has 0 saturated carbocycles. The van der Waals surface area contributed by atoms with E-state index in [1.165, 1.54) is 0 Å². The summed E-state index contributed by atoms with van der Waals surface area (Å²) in [6.45, 7) is 5.72. The number of rotatable bonds is 5. The Kier molecular flexibility index (Phi) is 4.51. The van der Waals surface area contributed by atoms with Crippen molar-refractivity contribution in [2.45, 2.75) is 26.7 Å². The minimum absolute atomic E-state index is 0.152. The molecule has 0 aliphatic carbocycles. The molecule has 0 fully saturated rings. The van der Waals surface area contributed by atoms with Gasteiger partial charge in [-0.15, -0.1) is 0 Å². The highest BCUT2D eigenvalue weighted by atomic mass is 16.5. The predicted molar refractivity (Wildman–Crippen MR) is 90.8 cm³/mol. The lowest BCUT2D eigenvalue weighted by Gasteiger charge is -2.08. The number of nitrogens with zero attached hydrogens (tertiary/aromatic N) is 4. The summed E-state index contributed by atoms with van der Waals surface area (Å²) < 4.78 is 12.6. The minimum atomic E-state index is -0.386. The highest BCUT2D eigenvalue weighted by molar-refractivity contribution is 6.03. The van der Waals surface area contributed by atoms with Crippen molar-refractivity contribution in [1.82, 2.24) is 19.9 Å². The molecule has 25 heavy (non-hydrogen) atoms. The summed E-state index contributed by atoms with van der Waals surface area (Å²) >= 11 is 0. The van der Waals surface area contributed by atoms with Crippen molar-refractivity contribution in [3.8, 4) is 11.6 Å². The third-order valence-corrected chi connectivity index (χ3v) is 3.59. The van der Waals surface area contributed by atoms with Crippen LogP contribution in [0.4, 0.5) is 5.69 Å². The molecule has 0 atom stereocenters. The first-order chi connectivity index (χ1) is 12.0. The zero-order valence-corrected chi connectivity index (χ0v) is 14.5. The lowest BCUT2D eigenvalue weighted by atomic mass is 10.1. The largest absolute Gasteiger partial charge is 0.436 e. The molecule has 8 heteroatoms. The topological polar surface area (TPSA) is 95.1 Å². The Labute approximate surface area is 144 Å². The Morgan fingerprint density at radius 3 is 2.84 bits per heavy atom. The number of carbonyl (C=O) groups excluding carboxylic acids is 1. The third-order valence-electron chi connectivity index (χ3n) is 3.59. The minimum Gasteiger partial charge on any atom is -0.436 e. The number of anilines is 1. The summed E-state index contributed by atoms with van der Waals surface area (Å²) in [5.41, 5.74) is 1.31.